The first-order chi connectivity index (χ1) is 11.8. The SMILES string of the molecule is CCc1cc(N2CCN(CC3CCCCC3)CC2)n2ncnc2n1. The first kappa shape index (κ1) is 15.8. The summed E-state index contributed by atoms with van der Waals surface area (Å²) in [6, 6.07) is 2.18. The molecule has 0 bridgehead atoms. The van der Waals surface area contributed by atoms with Gasteiger partial charge in [0.05, 0.1) is 0 Å². The molecule has 0 atom stereocenters. The Morgan fingerprint density at radius 3 is 2.62 bits per heavy atom. The van der Waals surface area contributed by atoms with Crippen LogP contribution in [0.5, 0.6) is 0 Å². The first-order valence-corrected chi connectivity index (χ1v) is 9.50. The van der Waals surface area contributed by atoms with E-state index < -0.39 is 0 Å². The van der Waals surface area contributed by atoms with Gasteiger partial charge in [-0.3, -0.25) is 4.90 Å². The maximum atomic E-state index is 4.55. The van der Waals surface area contributed by atoms with Gasteiger partial charge in [-0.05, 0) is 25.2 Å². The minimum absolute atomic E-state index is 0.717. The summed E-state index contributed by atoms with van der Waals surface area (Å²) in [5, 5.41) is 4.37. The molecular formula is C18H28N6. The number of aromatic nitrogens is 4. The van der Waals surface area contributed by atoms with Crippen molar-refractivity contribution >= 4 is 11.6 Å². The summed E-state index contributed by atoms with van der Waals surface area (Å²) in [5.74, 6) is 2.79. The Morgan fingerprint density at radius 2 is 1.88 bits per heavy atom. The summed E-state index contributed by atoms with van der Waals surface area (Å²) < 4.78 is 1.88. The molecule has 2 aliphatic rings. The van der Waals surface area contributed by atoms with Gasteiger partial charge < -0.3 is 4.90 Å². The van der Waals surface area contributed by atoms with Gasteiger partial charge in [0, 0.05) is 44.5 Å². The molecule has 4 rings (SSSR count). The van der Waals surface area contributed by atoms with Crippen molar-refractivity contribution in [3.63, 3.8) is 0 Å². The molecule has 1 saturated carbocycles. The first-order valence-electron chi connectivity index (χ1n) is 9.50. The van der Waals surface area contributed by atoms with Crippen LogP contribution >= 0.6 is 0 Å². The molecule has 2 fully saturated rings. The summed E-state index contributed by atoms with van der Waals surface area (Å²) >= 11 is 0. The second-order valence-electron chi connectivity index (χ2n) is 7.22. The van der Waals surface area contributed by atoms with Crippen molar-refractivity contribution in [2.45, 2.75) is 45.4 Å². The van der Waals surface area contributed by atoms with Crippen molar-refractivity contribution in [1.82, 2.24) is 24.5 Å². The Hall–Kier alpha value is -1.69. The average Bonchev–Trinajstić information content (AvgIpc) is 3.11. The van der Waals surface area contributed by atoms with E-state index in [-0.39, 0.29) is 0 Å². The van der Waals surface area contributed by atoms with Crippen molar-refractivity contribution in [1.29, 1.82) is 0 Å². The normalized spacial score (nSPS) is 20.8. The molecule has 2 aromatic rings. The lowest BCUT2D eigenvalue weighted by atomic mass is 9.89. The van der Waals surface area contributed by atoms with Crippen molar-refractivity contribution in [2.24, 2.45) is 5.92 Å². The van der Waals surface area contributed by atoms with Crippen LogP contribution in [-0.2, 0) is 6.42 Å². The highest BCUT2D eigenvalue weighted by atomic mass is 15.4. The second kappa shape index (κ2) is 7.05. The molecule has 0 aromatic carbocycles. The fourth-order valence-electron chi connectivity index (χ4n) is 4.14. The fourth-order valence-corrected chi connectivity index (χ4v) is 4.14. The quantitative estimate of drug-likeness (QED) is 0.862. The number of anilines is 1. The number of aryl methyl sites for hydroxylation is 1. The van der Waals surface area contributed by atoms with Gasteiger partial charge in [0.1, 0.15) is 12.1 Å². The minimum atomic E-state index is 0.717. The lowest BCUT2D eigenvalue weighted by molar-refractivity contribution is 0.191. The Morgan fingerprint density at radius 1 is 1.08 bits per heavy atom. The Labute approximate surface area is 143 Å². The van der Waals surface area contributed by atoms with Crippen LogP contribution in [0.3, 0.4) is 0 Å². The van der Waals surface area contributed by atoms with Crippen molar-refractivity contribution < 1.29 is 0 Å². The smallest absolute Gasteiger partial charge is 0.254 e. The fraction of sp³-hybridized carbons (Fsp3) is 0.722. The third-order valence-corrected chi connectivity index (χ3v) is 5.59. The van der Waals surface area contributed by atoms with E-state index >= 15 is 0 Å². The number of hydrogen-bond donors (Lipinski definition) is 0. The molecule has 6 nitrogen and oxygen atoms in total. The van der Waals surface area contributed by atoms with E-state index in [0.29, 0.717) is 5.78 Å². The number of piperazine rings is 1. The molecule has 6 heteroatoms. The van der Waals surface area contributed by atoms with Crippen LogP contribution in [0.4, 0.5) is 5.82 Å². The van der Waals surface area contributed by atoms with Crippen LogP contribution in [0, 0.1) is 5.92 Å². The maximum absolute atomic E-state index is 4.55. The summed E-state index contributed by atoms with van der Waals surface area (Å²) in [7, 11) is 0. The summed E-state index contributed by atoms with van der Waals surface area (Å²) in [6.07, 6.45) is 9.72. The molecule has 0 unspecified atom stereocenters. The lowest BCUT2D eigenvalue weighted by Gasteiger charge is -2.38. The zero-order valence-electron chi connectivity index (χ0n) is 14.7. The van der Waals surface area contributed by atoms with E-state index in [1.54, 1.807) is 6.33 Å². The van der Waals surface area contributed by atoms with E-state index in [4.69, 9.17) is 0 Å². The lowest BCUT2D eigenvalue weighted by Crippen LogP contribution is -2.48. The van der Waals surface area contributed by atoms with Crippen LogP contribution in [0.15, 0.2) is 12.4 Å². The third kappa shape index (κ3) is 3.24. The Kier molecular flexibility index (Phi) is 4.65. The number of rotatable bonds is 4. The van der Waals surface area contributed by atoms with Crippen LogP contribution in [0.1, 0.15) is 44.7 Å². The van der Waals surface area contributed by atoms with Gasteiger partial charge in [-0.1, -0.05) is 26.2 Å². The van der Waals surface area contributed by atoms with Gasteiger partial charge in [-0.15, -0.1) is 0 Å². The van der Waals surface area contributed by atoms with Gasteiger partial charge in [-0.2, -0.15) is 14.6 Å². The zero-order valence-corrected chi connectivity index (χ0v) is 14.7. The summed E-state index contributed by atoms with van der Waals surface area (Å²) in [6.45, 7) is 7.86. The molecule has 0 spiro atoms. The van der Waals surface area contributed by atoms with E-state index in [9.17, 15) is 0 Å². The molecule has 130 valence electrons. The predicted molar refractivity (Wildman–Crippen MR) is 95.4 cm³/mol. The van der Waals surface area contributed by atoms with Gasteiger partial charge in [-0.25, -0.2) is 4.98 Å². The Balaban J connectivity index is 1.43. The van der Waals surface area contributed by atoms with Crippen LogP contribution in [-0.4, -0.2) is 57.2 Å². The number of fused-ring (bicyclic) bond motifs is 1. The summed E-state index contributed by atoms with van der Waals surface area (Å²) in [4.78, 5) is 13.9. The topological polar surface area (TPSA) is 49.6 Å². The monoisotopic (exact) mass is 328 g/mol. The average molecular weight is 328 g/mol. The molecular weight excluding hydrogens is 300 g/mol. The zero-order chi connectivity index (χ0) is 16.4. The van der Waals surface area contributed by atoms with Crippen LogP contribution < -0.4 is 4.90 Å². The largest absolute Gasteiger partial charge is 0.354 e. The highest BCUT2D eigenvalue weighted by Gasteiger charge is 2.23. The van der Waals surface area contributed by atoms with Crippen molar-refractivity contribution in [2.75, 3.05) is 37.6 Å². The third-order valence-electron chi connectivity index (χ3n) is 5.59. The van der Waals surface area contributed by atoms with Crippen molar-refractivity contribution in [3.05, 3.63) is 18.1 Å². The standard InChI is InChI=1S/C18H28N6/c1-2-16-12-17(24-18(21-16)19-14-20-24)23-10-8-22(9-11-23)13-15-6-4-3-5-7-15/h12,14-15H,2-11,13H2,1H3. The maximum Gasteiger partial charge on any atom is 0.254 e. The van der Waals surface area contributed by atoms with Gasteiger partial charge in [0.2, 0.25) is 0 Å². The van der Waals surface area contributed by atoms with E-state index in [1.165, 1.54) is 38.6 Å². The van der Waals surface area contributed by atoms with E-state index in [0.717, 1.165) is 50.0 Å². The molecule has 1 aliphatic heterocycles. The summed E-state index contributed by atoms with van der Waals surface area (Å²) in [5.41, 5.74) is 1.09. The van der Waals surface area contributed by atoms with Crippen LogP contribution in [0.2, 0.25) is 0 Å². The molecule has 0 radical (unpaired) electrons. The van der Waals surface area contributed by atoms with Crippen molar-refractivity contribution in [3.8, 4) is 0 Å². The number of nitrogens with zero attached hydrogens (tertiary/aromatic N) is 6. The highest BCUT2D eigenvalue weighted by molar-refractivity contribution is 5.47. The molecule has 24 heavy (non-hydrogen) atoms. The molecule has 3 heterocycles. The second-order valence-corrected chi connectivity index (χ2v) is 7.22. The molecule has 0 N–H and O–H groups in total. The van der Waals surface area contributed by atoms with E-state index in [2.05, 4.69) is 37.9 Å². The van der Waals surface area contributed by atoms with E-state index in [1.807, 2.05) is 4.52 Å². The number of hydrogen-bond acceptors (Lipinski definition) is 5. The van der Waals surface area contributed by atoms with Crippen LogP contribution in [0.25, 0.3) is 5.78 Å². The minimum Gasteiger partial charge on any atom is -0.354 e. The van der Waals surface area contributed by atoms with Gasteiger partial charge in [0.25, 0.3) is 5.78 Å². The Bertz CT molecular complexity index is 667. The molecule has 1 saturated heterocycles. The molecule has 1 aliphatic carbocycles. The predicted octanol–water partition coefficient (Wildman–Crippen LogP) is 2.39. The molecule has 0 amide bonds. The molecule has 2 aromatic heterocycles. The van der Waals surface area contributed by atoms with Gasteiger partial charge in [0.15, 0.2) is 0 Å². The highest BCUT2D eigenvalue weighted by Crippen LogP contribution is 2.25. The van der Waals surface area contributed by atoms with Gasteiger partial charge >= 0.3 is 0 Å².